The summed E-state index contributed by atoms with van der Waals surface area (Å²) in [6.07, 6.45) is 0. The van der Waals surface area contributed by atoms with E-state index in [2.05, 4.69) is 33.2 Å². The lowest BCUT2D eigenvalue weighted by atomic mass is 10.3. The Morgan fingerprint density at radius 1 is 1.43 bits per heavy atom. The Bertz CT molecular complexity index is 366. The highest BCUT2D eigenvalue weighted by molar-refractivity contribution is 14.1. The molecule has 0 bridgehead atoms. The van der Waals surface area contributed by atoms with Crippen LogP contribution >= 0.6 is 22.6 Å². The molecule has 1 aromatic carbocycles. The smallest absolute Gasteiger partial charge is 0.326 e. The lowest BCUT2D eigenvalue weighted by Crippen LogP contribution is -2.38. The van der Waals surface area contributed by atoms with E-state index in [9.17, 15) is 4.79 Å². The number of nitrogens with one attached hydrogen (secondary N) is 3. The summed E-state index contributed by atoms with van der Waals surface area (Å²) in [6.45, 7) is 0. The predicted octanol–water partition coefficient (Wildman–Crippen LogP) is 1.31. The van der Waals surface area contributed by atoms with Crippen molar-refractivity contribution in [1.29, 1.82) is 5.41 Å². The van der Waals surface area contributed by atoms with E-state index in [1.165, 1.54) is 0 Å². The molecule has 0 unspecified atom stereocenters. The van der Waals surface area contributed by atoms with Gasteiger partial charge >= 0.3 is 6.03 Å². The zero-order chi connectivity index (χ0) is 10.6. The first-order valence-electron chi connectivity index (χ1n) is 3.76. The SMILES string of the molecule is N=C(N)NC(=O)Nc1ccccc1I. The van der Waals surface area contributed by atoms with Gasteiger partial charge in [-0.1, -0.05) is 12.1 Å². The van der Waals surface area contributed by atoms with Crippen LogP contribution in [-0.4, -0.2) is 12.0 Å². The highest BCUT2D eigenvalue weighted by atomic mass is 127. The largest absolute Gasteiger partial charge is 0.370 e. The zero-order valence-electron chi connectivity index (χ0n) is 7.17. The Morgan fingerprint density at radius 2 is 2.07 bits per heavy atom. The number of anilines is 1. The number of amides is 2. The highest BCUT2D eigenvalue weighted by Gasteiger charge is 2.03. The van der Waals surface area contributed by atoms with E-state index in [0.717, 1.165) is 3.57 Å². The van der Waals surface area contributed by atoms with Gasteiger partial charge < -0.3 is 11.1 Å². The number of carbonyl (C=O) groups is 1. The molecule has 0 fully saturated rings. The van der Waals surface area contributed by atoms with Crippen LogP contribution in [0.3, 0.4) is 0 Å². The molecule has 0 spiro atoms. The maximum Gasteiger partial charge on any atom is 0.326 e. The summed E-state index contributed by atoms with van der Waals surface area (Å²) in [4.78, 5) is 11.1. The number of benzene rings is 1. The number of rotatable bonds is 1. The third kappa shape index (κ3) is 3.21. The van der Waals surface area contributed by atoms with Crippen molar-refractivity contribution in [2.75, 3.05) is 5.32 Å². The molecule has 74 valence electrons. The molecule has 5 nitrogen and oxygen atoms in total. The number of hydrogen-bond donors (Lipinski definition) is 4. The molecule has 0 atom stereocenters. The zero-order valence-corrected chi connectivity index (χ0v) is 9.33. The summed E-state index contributed by atoms with van der Waals surface area (Å²) in [6, 6.07) is 6.80. The topological polar surface area (TPSA) is 91.0 Å². The average molecular weight is 304 g/mol. The summed E-state index contributed by atoms with van der Waals surface area (Å²) in [7, 11) is 0. The third-order valence-corrected chi connectivity index (χ3v) is 2.31. The number of urea groups is 1. The first kappa shape index (κ1) is 10.8. The minimum absolute atomic E-state index is 0.381. The van der Waals surface area contributed by atoms with Crippen LogP contribution in [0.1, 0.15) is 0 Å². The van der Waals surface area contributed by atoms with Crippen molar-refractivity contribution in [3.05, 3.63) is 27.8 Å². The number of nitrogens with two attached hydrogens (primary N) is 1. The highest BCUT2D eigenvalue weighted by Crippen LogP contribution is 2.16. The number of hydrogen-bond acceptors (Lipinski definition) is 2. The summed E-state index contributed by atoms with van der Waals surface area (Å²) in [5, 5.41) is 11.5. The van der Waals surface area contributed by atoms with E-state index < -0.39 is 6.03 Å². The van der Waals surface area contributed by atoms with Gasteiger partial charge in [0.2, 0.25) is 0 Å². The fourth-order valence-electron chi connectivity index (χ4n) is 0.838. The molecule has 0 radical (unpaired) electrons. The summed E-state index contributed by atoms with van der Waals surface area (Å²) in [5.74, 6) is -0.381. The first-order valence-corrected chi connectivity index (χ1v) is 4.84. The third-order valence-electron chi connectivity index (χ3n) is 1.37. The molecule has 0 saturated heterocycles. The van der Waals surface area contributed by atoms with E-state index >= 15 is 0 Å². The van der Waals surface area contributed by atoms with Crippen molar-refractivity contribution >= 4 is 40.3 Å². The minimum Gasteiger partial charge on any atom is -0.370 e. The summed E-state index contributed by atoms with van der Waals surface area (Å²) < 4.78 is 0.920. The van der Waals surface area contributed by atoms with E-state index in [4.69, 9.17) is 11.1 Å². The predicted molar refractivity (Wildman–Crippen MR) is 63.2 cm³/mol. The van der Waals surface area contributed by atoms with Gasteiger partial charge in [0.05, 0.1) is 5.69 Å². The number of carbonyl (C=O) groups excluding carboxylic acids is 1. The normalized spacial score (nSPS) is 9.21. The maximum absolute atomic E-state index is 11.1. The molecule has 14 heavy (non-hydrogen) atoms. The van der Waals surface area contributed by atoms with Crippen molar-refractivity contribution in [1.82, 2.24) is 5.32 Å². The van der Waals surface area contributed by atoms with Gasteiger partial charge in [0.25, 0.3) is 0 Å². The van der Waals surface area contributed by atoms with Gasteiger partial charge in [-0.3, -0.25) is 10.7 Å². The second-order valence-corrected chi connectivity index (χ2v) is 3.63. The van der Waals surface area contributed by atoms with Crippen LogP contribution in [0.2, 0.25) is 0 Å². The van der Waals surface area contributed by atoms with Crippen LogP contribution in [0.5, 0.6) is 0 Å². The van der Waals surface area contributed by atoms with Crippen molar-refractivity contribution < 1.29 is 4.79 Å². The number of halogens is 1. The van der Waals surface area contributed by atoms with Crippen molar-refractivity contribution in [3.8, 4) is 0 Å². The van der Waals surface area contributed by atoms with E-state index in [-0.39, 0.29) is 5.96 Å². The first-order chi connectivity index (χ1) is 6.59. The lowest BCUT2D eigenvalue weighted by Gasteiger charge is -2.07. The van der Waals surface area contributed by atoms with Crippen LogP contribution in [0, 0.1) is 8.98 Å². The monoisotopic (exact) mass is 304 g/mol. The number of guanidine groups is 1. The molecule has 0 heterocycles. The van der Waals surface area contributed by atoms with Gasteiger partial charge in [0, 0.05) is 3.57 Å². The number of para-hydroxylation sites is 1. The van der Waals surface area contributed by atoms with Gasteiger partial charge in [-0.25, -0.2) is 4.79 Å². The van der Waals surface area contributed by atoms with Crippen LogP contribution in [0.15, 0.2) is 24.3 Å². The molecule has 0 aliphatic carbocycles. The van der Waals surface area contributed by atoms with E-state index in [1.807, 2.05) is 18.2 Å². The standard InChI is InChI=1S/C8H9IN4O/c9-5-3-1-2-4-6(5)12-8(14)13-7(10)11/h1-4H,(H5,10,11,12,13,14). The summed E-state index contributed by atoms with van der Waals surface area (Å²) in [5.41, 5.74) is 5.68. The lowest BCUT2D eigenvalue weighted by molar-refractivity contribution is 0.256. The molecule has 0 saturated carbocycles. The van der Waals surface area contributed by atoms with Crippen LogP contribution in [0.4, 0.5) is 10.5 Å². The van der Waals surface area contributed by atoms with Crippen molar-refractivity contribution in [2.45, 2.75) is 0 Å². The fourth-order valence-corrected chi connectivity index (χ4v) is 1.36. The van der Waals surface area contributed by atoms with E-state index in [1.54, 1.807) is 6.07 Å². The van der Waals surface area contributed by atoms with Gasteiger partial charge in [-0.05, 0) is 34.7 Å². The Hall–Kier alpha value is -1.31. The quantitative estimate of drug-likeness (QED) is 0.358. The average Bonchev–Trinajstić information content (AvgIpc) is 2.07. The summed E-state index contributed by atoms with van der Waals surface area (Å²) >= 11 is 2.10. The molecule has 5 N–H and O–H groups in total. The molecule has 1 rings (SSSR count). The molecule has 6 heteroatoms. The van der Waals surface area contributed by atoms with Gasteiger partial charge in [-0.15, -0.1) is 0 Å². The maximum atomic E-state index is 11.1. The van der Waals surface area contributed by atoms with Crippen molar-refractivity contribution in [3.63, 3.8) is 0 Å². The van der Waals surface area contributed by atoms with Gasteiger partial charge in [0.15, 0.2) is 5.96 Å². The van der Waals surface area contributed by atoms with E-state index in [0.29, 0.717) is 5.69 Å². The van der Waals surface area contributed by atoms with Crippen LogP contribution in [0.25, 0.3) is 0 Å². The van der Waals surface area contributed by atoms with Gasteiger partial charge in [-0.2, -0.15) is 0 Å². The Balaban J connectivity index is 2.65. The second-order valence-electron chi connectivity index (χ2n) is 2.47. The molecule has 2 amide bonds. The van der Waals surface area contributed by atoms with Gasteiger partial charge in [0.1, 0.15) is 0 Å². The molecular weight excluding hydrogens is 295 g/mol. The Kier molecular flexibility index (Phi) is 3.69. The molecule has 0 aliphatic rings. The molecule has 0 aliphatic heterocycles. The Morgan fingerprint density at radius 3 is 2.64 bits per heavy atom. The molecular formula is C8H9IN4O. The molecule has 1 aromatic rings. The van der Waals surface area contributed by atoms with Crippen LogP contribution in [-0.2, 0) is 0 Å². The Labute approximate surface area is 94.7 Å². The molecule has 0 aromatic heterocycles. The van der Waals surface area contributed by atoms with Crippen molar-refractivity contribution in [2.24, 2.45) is 5.73 Å². The second kappa shape index (κ2) is 4.80. The van der Waals surface area contributed by atoms with Crippen LogP contribution < -0.4 is 16.4 Å². The minimum atomic E-state index is -0.512. The fraction of sp³-hybridized carbons (Fsp3) is 0.